The Hall–Kier alpha value is -2.06. The Labute approximate surface area is 152 Å². The number of aryl methyl sites for hydroxylation is 1. The smallest absolute Gasteiger partial charge is 0.407 e. The normalized spacial score (nSPS) is 12.9. The van der Waals surface area contributed by atoms with E-state index in [1.165, 1.54) is 11.3 Å². The highest BCUT2D eigenvalue weighted by Crippen LogP contribution is 2.17. The van der Waals surface area contributed by atoms with Crippen LogP contribution in [-0.4, -0.2) is 51.2 Å². The summed E-state index contributed by atoms with van der Waals surface area (Å²) < 4.78 is 0. The highest BCUT2D eigenvalue weighted by Gasteiger charge is 2.22. The molecule has 0 atom stereocenters. The van der Waals surface area contributed by atoms with Crippen LogP contribution in [0, 0.1) is 6.92 Å². The van der Waals surface area contributed by atoms with Crippen molar-refractivity contribution >= 4 is 17.6 Å². The summed E-state index contributed by atoms with van der Waals surface area (Å²) in [6, 6.07) is 3.96. The minimum atomic E-state index is -0.838. The van der Waals surface area contributed by atoms with Gasteiger partial charge in [0.25, 0.3) is 0 Å². The van der Waals surface area contributed by atoms with Crippen molar-refractivity contribution in [2.24, 2.45) is 0 Å². The second-order valence-corrected chi connectivity index (χ2v) is 5.27. The van der Waals surface area contributed by atoms with Crippen LogP contribution in [0.3, 0.4) is 0 Å². The number of aromatic nitrogens is 1. The van der Waals surface area contributed by atoms with Crippen molar-refractivity contribution in [3.8, 4) is 0 Å². The lowest BCUT2D eigenvalue weighted by Crippen LogP contribution is -2.41. The molecule has 0 unspecified atom stereocenters. The predicted molar refractivity (Wildman–Crippen MR) is 106 cm³/mol. The SMILES string of the molecule is CC.CCC.Cc1nc(NC2CCN(C(=O)O)CC2)ccc1N.O.O.[HH]. The molecular weight excluding hydrogens is 324 g/mol. The van der Waals surface area contributed by atoms with Crippen LogP contribution < -0.4 is 11.1 Å². The third-order valence-electron chi connectivity index (χ3n) is 3.24. The molecule has 8 nitrogen and oxygen atoms in total. The number of hydrogen-bond acceptors (Lipinski definition) is 4. The van der Waals surface area contributed by atoms with Gasteiger partial charge < -0.3 is 32.0 Å². The number of nitrogen functional groups attached to an aromatic ring is 1. The van der Waals surface area contributed by atoms with Gasteiger partial charge in [0.15, 0.2) is 0 Å². The Morgan fingerprint density at radius 3 is 2.20 bits per heavy atom. The van der Waals surface area contributed by atoms with Gasteiger partial charge in [-0.3, -0.25) is 0 Å². The molecule has 0 spiro atoms. The van der Waals surface area contributed by atoms with Gasteiger partial charge in [-0.1, -0.05) is 34.1 Å². The molecule has 1 aromatic heterocycles. The fourth-order valence-electron chi connectivity index (χ4n) is 2.08. The van der Waals surface area contributed by atoms with Crippen molar-refractivity contribution in [1.82, 2.24) is 9.88 Å². The summed E-state index contributed by atoms with van der Waals surface area (Å²) in [5.41, 5.74) is 7.20. The quantitative estimate of drug-likeness (QED) is 0.737. The van der Waals surface area contributed by atoms with Gasteiger partial charge in [-0.2, -0.15) is 0 Å². The van der Waals surface area contributed by atoms with Crippen molar-refractivity contribution in [3.63, 3.8) is 0 Å². The first kappa shape index (κ1) is 27.8. The van der Waals surface area contributed by atoms with E-state index in [1.807, 2.05) is 32.9 Å². The molecule has 0 radical (unpaired) electrons. The zero-order valence-electron chi connectivity index (χ0n) is 16.1. The van der Waals surface area contributed by atoms with Crippen LogP contribution in [-0.2, 0) is 0 Å². The predicted octanol–water partition coefficient (Wildman–Crippen LogP) is 2.57. The van der Waals surface area contributed by atoms with Gasteiger partial charge in [-0.15, -0.1) is 0 Å². The fourth-order valence-corrected chi connectivity index (χ4v) is 2.08. The van der Waals surface area contributed by atoms with Gasteiger partial charge in [0, 0.05) is 20.6 Å². The first-order valence-corrected chi connectivity index (χ1v) is 8.45. The molecule has 8 heteroatoms. The second-order valence-electron chi connectivity index (χ2n) is 5.27. The molecule has 1 aliphatic rings. The third-order valence-corrected chi connectivity index (χ3v) is 3.24. The highest BCUT2D eigenvalue weighted by atomic mass is 16.4. The molecule has 1 amide bonds. The van der Waals surface area contributed by atoms with E-state index in [4.69, 9.17) is 10.8 Å². The highest BCUT2D eigenvalue weighted by molar-refractivity contribution is 5.65. The maximum Gasteiger partial charge on any atom is 0.407 e. The van der Waals surface area contributed by atoms with Crippen molar-refractivity contribution in [2.45, 2.75) is 59.9 Å². The zero-order valence-corrected chi connectivity index (χ0v) is 16.1. The largest absolute Gasteiger partial charge is 0.465 e. The van der Waals surface area contributed by atoms with E-state index in [0.717, 1.165) is 24.4 Å². The van der Waals surface area contributed by atoms with E-state index in [1.54, 1.807) is 0 Å². The topological polar surface area (TPSA) is 154 Å². The van der Waals surface area contributed by atoms with E-state index in [9.17, 15) is 4.79 Å². The number of hydrogen-bond donors (Lipinski definition) is 3. The number of nitrogens with zero attached hydrogens (tertiary/aromatic N) is 2. The van der Waals surface area contributed by atoms with Crippen LogP contribution in [0.5, 0.6) is 0 Å². The van der Waals surface area contributed by atoms with Crippen LogP contribution in [0.4, 0.5) is 16.3 Å². The number of rotatable bonds is 2. The minimum Gasteiger partial charge on any atom is -0.465 e. The molecule has 150 valence electrons. The van der Waals surface area contributed by atoms with Gasteiger partial charge >= 0.3 is 6.09 Å². The molecular formula is C17H38N4O4. The summed E-state index contributed by atoms with van der Waals surface area (Å²) in [5.74, 6) is 0.801. The van der Waals surface area contributed by atoms with Gasteiger partial charge in [-0.05, 0) is 31.9 Å². The minimum absolute atomic E-state index is 0. The van der Waals surface area contributed by atoms with Crippen LogP contribution in [0.1, 0.15) is 54.1 Å². The number of carbonyl (C=O) groups is 1. The molecule has 0 bridgehead atoms. The summed E-state index contributed by atoms with van der Waals surface area (Å²) in [6.07, 6.45) is 2.02. The molecule has 25 heavy (non-hydrogen) atoms. The molecule has 2 rings (SSSR count). The van der Waals surface area contributed by atoms with Crippen molar-refractivity contribution in [3.05, 3.63) is 17.8 Å². The maximum atomic E-state index is 10.8. The van der Waals surface area contributed by atoms with Crippen molar-refractivity contribution < 1.29 is 22.3 Å². The molecule has 1 fully saturated rings. The monoisotopic (exact) mass is 362 g/mol. The lowest BCUT2D eigenvalue weighted by atomic mass is 10.1. The molecule has 0 aliphatic carbocycles. The molecule has 1 aromatic rings. The number of anilines is 2. The summed E-state index contributed by atoms with van der Waals surface area (Å²) in [5, 5.41) is 12.2. The number of pyridine rings is 1. The van der Waals surface area contributed by atoms with E-state index in [-0.39, 0.29) is 18.4 Å². The second kappa shape index (κ2) is 15.5. The molecule has 8 N–H and O–H groups in total. The number of carboxylic acid groups (broad SMARTS) is 1. The Bertz CT molecular complexity index is 470. The van der Waals surface area contributed by atoms with E-state index < -0.39 is 6.09 Å². The lowest BCUT2D eigenvalue weighted by molar-refractivity contribution is 0.134. The average molecular weight is 363 g/mol. The van der Waals surface area contributed by atoms with Gasteiger partial charge in [-0.25, -0.2) is 9.78 Å². The number of amides is 1. The van der Waals surface area contributed by atoms with Crippen molar-refractivity contribution in [1.29, 1.82) is 0 Å². The summed E-state index contributed by atoms with van der Waals surface area (Å²) in [4.78, 5) is 16.6. The van der Waals surface area contributed by atoms with Gasteiger partial charge in [0.1, 0.15) is 5.82 Å². The van der Waals surface area contributed by atoms with E-state index in [0.29, 0.717) is 18.8 Å². The summed E-state index contributed by atoms with van der Waals surface area (Å²) >= 11 is 0. The molecule has 0 aromatic carbocycles. The van der Waals surface area contributed by atoms with Crippen molar-refractivity contribution in [2.75, 3.05) is 24.1 Å². The zero-order chi connectivity index (χ0) is 17.8. The standard InChI is InChI=1S/C12H18N4O2.C3H8.C2H6.2H2O.H2/c1-8-10(13)2-3-11(14-8)15-9-4-6-16(7-5-9)12(17)18;1-3-2;1-2;;;/h2-3,9H,4-7,13H2,1H3,(H,14,15)(H,17,18);3H2,1-2H3;1-2H3;2*1H2;1H. The summed E-state index contributed by atoms with van der Waals surface area (Å²) in [6.45, 7) is 11.3. The average Bonchev–Trinajstić information content (AvgIpc) is 2.54. The molecule has 1 saturated heterocycles. The number of nitrogens with one attached hydrogen (secondary N) is 1. The van der Waals surface area contributed by atoms with Crippen LogP contribution in [0.15, 0.2) is 12.1 Å². The fraction of sp³-hybridized carbons (Fsp3) is 0.647. The Morgan fingerprint density at radius 2 is 1.80 bits per heavy atom. The number of piperidine rings is 1. The molecule has 2 heterocycles. The van der Waals surface area contributed by atoms with Gasteiger partial charge in [0.2, 0.25) is 0 Å². The molecule has 1 aliphatic heterocycles. The Balaban J connectivity index is -0.000000275. The van der Waals surface area contributed by atoms with E-state index >= 15 is 0 Å². The lowest BCUT2D eigenvalue weighted by Gasteiger charge is -2.30. The maximum absolute atomic E-state index is 10.8. The van der Waals surface area contributed by atoms with Crippen LogP contribution in [0.25, 0.3) is 0 Å². The first-order valence-electron chi connectivity index (χ1n) is 8.45. The summed E-state index contributed by atoms with van der Waals surface area (Å²) in [7, 11) is 0. The Kier molecular flexibility index (Phi) is 17.2. The Morgan fingerprint density at radius 1 is 1.32 bits per heavy atom. The first-order chi connectivity index (χ1) is 11.0. The van der Waals surface area contributed by atoms with E-state index in [2.05, 4.69) is 24.1 Å². The number of likely N-dealkylation sites (tertiary alicyclic amines) is 1. The van der Waals surface area contributed by atoms with Crippen LogP contribution in [0.2, 0.25) is 0 Å². The molecule has 0 saturated carbocycles. The third kappa shape index (κ3) is 10.4. The van der Waals surface area contributed by atoms with Gasteiger partial charge in [0.05, 0.1) is 11.4 Å². The number of nitrogens with two attached hydrogens (primary N) is 1. The van der Waals surface area contributed by atoms with Crippen LogP contribution >= 0.6 is 0 Å².